The van der Waals surface area contributed by atoms with Gasteiger partial charge in [-0.2, -0.15) is 0 Å². The SMILES string of the molecule is CCC(C)CS(=O)Cc1ccc(CN)c(OC)c1. The summed E-state index contributed by atoms with van der Waals surface area (Å²) in [5.74, 6) is 2.65. The molecule has 0 saturated carbocycles. The van der Waals surface area contributed by atoms with E-state index in [2.05, 4.69) is 13.8 Å². The molecule has 0 amide bonds. The summed E-state index contributed by atoms with van der Waals surface area (Å²) in [5.41, 5.74) is 7.65. The van der Waals surface area contributed by atoms with E-state index in [0.717, 1.165) is 29.1 Å². The lowest BCUT2D eigenvalue weighted by Crippen LogP contribution is -2.09. The minimum absolute atomic E-state index is 0.458. The number of hydrogen-bond acceptors (Lipinski definition) is 3. The topological polar surface area (TPSA) is 52.3 Å². The normalized spacial score (nSPS) is 14.2. The third-order valence-electron chi connectivity index (χ3n) is 3.07. The lowest BCUT2D eigenvalue weighted by atomic mass is 10.1. The molecule has 1 aromatic carbocycles. The zero-order chi connectivity index (χ0) is 13.5. The second-order valence-corrected chi connectivity index (χ2v) is 6.12. The molecule has 0 aliphatic rings. The lowest BCUT2D eigenvalue weighted by Gasteiger charge is -2.11. The highest BCUT2D eigenvalue weighted by atomic mass is 32.2. The van der Waals surface area contributed by atoms with Crippen LogP contribution in [0.2, 0.25) is 0 Å². The van der Waals surface area contributed by atoms with Gasteiger partial charge in [0.1, 0.15) is 5.75 Å². The van der Waals surface area contributed by atoms with Gasteiger partial charge in [-0.05, 0) is 17.5 Å². The maximum atomic E-state index is 12.0. The lowest BCUT2D eigenvalue weighted by molar-refractivity contribution is 0.409. The predicted molar refractivity (Wildman–Crippen MR) is 77.1 cm³/mol. The van der Waals surface area contributed by atoms with Gasteiger partial charge in [0.05, 0.1) is 7.11 Å². The van der Waals surface area contributed by atoms with Crippen molar-refractivity contribution in [3.8, 4) is 5.75 Å². The first-order valence-electron chi connectivity index (χ1n) is 6.31. The Hall–Kier alpha value is -0.870. The van der Waals surface area contributed by atoms with E-state index in [9.17, 15) is 4.21 Å². The first-order chi connectivity index (χ1) is 8.60. The average molecular weight is 269 g/mol. The molecule has 1 aromatic rings. The summed E-state index contributed by atoms with van der Waals surface area (Å²) < 4.78 is 17.3. The largest absolute Gasteiger partial charge is 0.496 e. The highest BCUT2D eigenvalue weighted by Crippen LogP contribution is 2.21. The molecule has 0 aliphatic carbocycles. The van der Waals surface area contributed by atoms with Crippen molar-refractivity contribution in [2.45, 2.75) is 32.6 Å². The van der Waals surface area contributed by atoms with Crippen LogP contribution in [0.5, 0.6) is 5.75 Å². The third kappa shape index (κ3) is 4.42. The molecule has 2 unspecified atom stereocenters. The van der Waals surface area contributed by atoms with Crippen molar-refractivity contribution >= 4 is 10.8 Å². The highest BCUT2D eigenvalue weighted by Gasteiger charge is 2.09. The third-order valence-corrected chi connectivity index (χ3v) is 4.66. The van der Waals surface area contributed by atoms with Crippen LogP contribution in [-0.2, 0) is 23.1 Å². The molecule has 0 aliphatic heterocycles. The second kappa shape index (κ2) is 7.54. The quantitative estimate of drug-likeness (QED) is 0.827. The fourth-order valence-electron chi connectivity index (χ4n) is 1.73. The van der Waals surface area contributed by atoms with E-state index in [1.54, 1.807) is 7.11 Å². The molecule has 18 heavy (non-hydrogen) atoms. The maximum absolute atomic E-state index is 12.0. The second-order valence-electron chi connectivity index (χ2n) is 4.61. The molecule has 0 fully saturated rings. The molecule has 1 rings (SSSR count). The summed E-state index contributed by atoms with van der Waals surface area (Å²) in [6.07, 6.45) is 1.07. The van der Waals surface area contributed by atoms with Crippen molar-refractivity contribution < 1.29 is 8.95 Å². The van der Waals surface area contributed by atoms with Gasteiger partial charge in [-0.15, -0.1) is 0 Å². The molecule has 0 heterocycles. The van der Waals surface area contributed by atoms with Crippen LogP contribution < -0.4 is 10.5 Å². The van der Waals surface area contributed by atoms with Crippen LogP contribution in [0, 0.1) is 5.92 Å². The molecular weight excluding hydrogens is 246 g/mol. The van der Waals surface area contributed by atoms with E-state index >= 15 is 0 Å². The smallest absolute Gasteiger partial charge is 0.123 e. The van der Waals surface area contributed by atoms with E-state index < -0.39 is 10.8 Å². The Morgan fingerprint density at radius 1 is 1.44 bits per heavy atom. The molecule has 0 aromatic heterocycles. The van der Waals surface area contributed by atoms with Crippen molar-refractivity contribution in [1.82, 2.24) is 0 Å². The minimum Gasteiger partial charge on any atom is -0.496 e. The summed E-state index contributed by atoms with van der Waals surface area (Å²) in [4.78, 5) is 0. The minimum atomic E-state index is -0.807. The summed E-state index contributed by atoms with van der Waals surface area (Å²) in [6, 6.07) is 5.88. The van der Waals surface area contributed by atoms with Gasteiger partial charge in [-0.3, -0.25) is 4.21 Å². The van der Waals surface area contributed by atoms with Gasteiger partial charge < -0.3 is 10.5 Å². The summed E-state index contributed by atoms with van der Waals surface area (Å²) in [7, 11) is 0.827. The van der Waals surface area contributed by atoms with Gasteiger partial charge in [0.15, 0.2) is 0 Å². The van der Waals surface area contributed by atoms with E-state index in [0.29, 0.717) is 18.2 Å². The van der Waals surface area contributed by atoms with Gasteiger partial charge >= 0.3 is 0 Å². The van der Waals surface area contributed by atoms with Crippen LogP contribution in [0.4, 0.5) is 0 Å². The summed E-state index contributed by atoms with van der Waals surface area (Å²) in [5, 5.41) is 0. The number of rotatable bonds is 7. The van der Waals surface area contributed by atoms with Crippen molar-refractivity contribution in [3.63, 3.8) is 0 Å². The van der Waals surface area contributed by atoms with Gasteiger partial charge in [0, 0.05) is 34.4 Å². The van der Waals surface area contributed by atoms with Crippen LogP contribution in [0.1, 0.15) is 31.4 Å². The van der Waals surface area contributed by atoms with Crippen molar-refractivity contribution in [2.24, 2.45) is 11.7 Å². The van der Waals surface area contributed by atoms with Gasteiger partial charge in [-0.1, -0.05) is 32.4 Å². The Kier molecular flexibility index (Phi) is 6.36. The Morgan fingerprint density at radius 2 is 2.17 bits per heavy atom. The number of benzene rings is 1. The standard InChI is InChI=1S/C14H23NO2S/c1-4-11(2)9-18(16)10-12-5-6-13(8-15)14(7-12)17-3/h5-7,11H,4,8-10,15H2,1-3H3. The molecule has 2 atom stereocenters. The number of nitrogens with two attached hydrogens (primary N) is 1. The molecule has 4 heteroatoms. The molecule has 0 spiro atoms. The zero-order valence-corrected chi connectivity index (χ0v) is 12.3. The Bertz CT molecular complexity index is 407. The molecule has 2 N–H and O–H groups in total. The van der Waals surface area contributed by atoms with Crippen LogP contribution in [0.3, 0.4) is 0 Å². The van der Waals surface area contributed by atoms with Crippen molar-refractivity contribution in [2.75, 3.05) is 12.9 Å². The number of ether oxygens (including phenoxy) is 1. The highest BCUT2D eigenvalue weighted by molar-refractivity contribution is 7.84. The first kappa shape index (κ1) is 15.2. The molecule has 0 saturated heterocycles. The van der Waals surface area contributed by atoms with E-state index in [4.69, 9.17) is 10.5 Å². The first-order valence-corrected chi connectivity index (χ1v) is 7.80. The summed E-state index contributed by atoms with van der Waals surface area (Å²) >= 11 is 0. The Morgan fingerprint density at radius 3 is 2.72 bits per heavy atom. The average Bonchev–Trinajstić information content (AvgIpc) is 2.38. The number of hydrogen-bond donors (Lipinski definition) is 1. The van der Waals surface area contributed by atoms with Crippen LogP contribution >= 0.6 is 0 Å². The maximum Gasteiger partial charge on any atom is 0.123 e. The van der Waals surface area contributed by atoms with Crippen LogP contribution in [0.25, 0.3) is 0 Å². The van der Waals surface area contributed by atoms with Gasteiger partial charge in [-0.25, -0.2) is 0 Å². The number of methoxy groups -OCH3 is 1. The molecule has 3 nitrogen and oxygen atoms in total. The molecular formula is C14H23NO2S. The fraction of sp³-hybridized carbons (Fsp3) is 0.571. The predicted octanol–water partition coefficient (Wildman–Crippen LogP) is 2.45. The zero-order valence-electron chi connectivity index (χ0n) is 11.4. The van der Waals surface area contributed by atoms with Crippen molar-refractivity contribution in [1.29, 1.82) is 0 Å². The fourth-order valence-corrected chi connectivity index (χ4v) is 3.27. The van der Waals surface area contributed by atoms with E-state index in [1.807, 2.05) is 18.2 Å². The molecule has 0 radical (unpaired) electrons. The van der Waals surface area contributed by atoms with E-state index in [-0.39, 0.29) is 0 Å². The van der Waals surface area contributed by atoms with Gasteiger partial charge in [0.2, 0.25) is 0 Å². The summed E-state index contributed by atoms with van der Waals surface area (Å²) in [6.45, 7) is 4.72. The monoisotopic (exact) mass is 269 g/mol. The van der Waals surface area contributed by atoms with Crippen LogP contribution in [0.15, 0.2) is 18.2 Å². The Labute approximate surface area is 112 Å². The Balaban J connectivity index is 2.70. The van der Waals surface area contributed by atoms with E-state index in [1.165, 1.54) is 0 Å². The van der Waals surface area contributed by atoms with Gasteiger partial charge in [0.25, 0.3) is 0 Å². The molecule has 0 bridgehead atoms. The van der Waals surface area contributed by atoms with Crippen molar-refractivity contribution in [3.05, 3.63) is 29.3 Å². The molecule has 102 valence electrons. The van der Waals surface area contributed by atoms with Crippen LogP contribution in [-0.4, -0.2) is 17.1 Å².